The van der Waals surface area contributed by atoms with Gasteiger partial charge in [0.25, 0.3) is 0 Å². The molecule has 9 heteroatoms. The van der Waals surface area contributed by atoms with E-state index in [2.05, 4.69) is 15.8 Å². The summed E-state index contributed by atoms with van der Waals surface area (Å²) in [5.74, 6) is 0.695. The van der Waals surface area contributed by atoms with Gasteiger partial charge in [0, 0.05) is 25.7 Å². The number of amides is 1. The van der Waals surface area contributed by atoms with Crippen molar-refractivity contribution in [3.63, 3.8) is 0 Å². The predicted molar refractivity (Wildman–Crippen MR) is 125 cm³/mol. The number of aromatic nitrogens is 1. The van der Waals surface area contributed by atoms with Gasteiger partial charge in [-0.05, 0) is 43.0 Å². The van der Waals surface area contributed by atoms with Crippen LogP contribution in [-0.4, -0.2) is 36.9 Å². The highest BCUT2D eigenvalue weighted by Crippen LogP contribution is 2.22. The average molecular weight is 469 g/mol. The van der Waals surface area contributed by atoms with Crippen LogP contribution >= 0.6 is 0 Å². The summed E-state index contributed by atoms with van der Waals surface area (Å²) in [6, 6.07) is 17.3. The van der Waals surface area contributed by atoms with E-state index in [-0.39, 0.29) is 5.91 Å². The van der Waals surface area contributed by atoms with Gasteiger partial charge in [-0.25, -0.2) is 8.42 Å². The topological polar surface area (TPSA) is 105 Å². The molecule has 3 aromatic rings. The van der Waals surface area contributed by atoms with Crippen molar-refractivity contribution in [1.82, 2.24) is 14.8 Å². The fraction of sp³-hybridized carbons (Fsp3) is 0.333. The Kier molecular flexibility index (Phi) is 7.22. The summed E-state index contributed by atoms with van der Waals surface area (Å²) in [6.45, 7) is 3.29. The number of piperidine rings is 1. The second-order valence-electron chi connectivity index (χ2n) is 8.15. The summed E-state index contributed by atoms with van der Waals surface area (Å²) < 4.78 is 32.3. The molecule has 2 aromatic carbocycles. The zero-order valence-corrected chi connectivity index (χ0v) is 19.3. The van der Waals surface area contributed by atoms with E-state index < -0.39 is 16.1 Å². The summed E-state index contributed by atoms with van der Waals surface area (Å²) in [6.07, 6.45) is 2.87. The summed E-state index contributed by atoms with van der Waals surface area (Å²) >= 11 is 0. The molecule has 174 valence electrons. The van der Waals surface area contributed by atoms with Gasteiger partial charge in [-0.3, -0.25) is 10.1 Å². The van der Waals surface area contributed by atoms with Gasteiger partial charge in [-0.2, -0.15) is 4.31 Å². The minimum atomic E-state index is -3.47. The Morgan fingerprint density at radius 3 is 2.39 bits per heavy atom. The number of nitrogens with zero attached hydrogens (tertiary/aromatic N) is 2. The molecule has 1 fully saturated rings. The number of hydrogen-bond acceptors (Lipinski definition) is 6. The van der Waals surface area contributed by atoms with E-state index in [1.807, 2.05) is 30.3 Å². The minimum Gasteiger partial charge on any atom is -0.360 e. The van der Waals surface area contributed by atoms with Crippen LogP contribution in [0, 0.1) is 6.92 Å². The van der Waals surface area contributed by atoms with Gasteiger partial charge < -0.3 is 9.84 Å². The molecule has 0 aliphatic carbocycles. The third kappa shape index (κ3) is 5.68. The highest BCUT2D eigenvalue weighted by atomic mass is 32.2. The van der Waals surface area contributed by atoms with Gasteiger partial charge in [0.2, 0.25) is 15.9 Å². The van der Waals surface area contributed by atoms with Crippen molar-refractivity contribution in [2.75, 3.05) is 18.4 Å². The van der Waals surface area contributed by atoms with Gasteiger partial charge in [-0.15, -0.1) is 0 Å². The predicted octanol–water partition coefficient (Wildman–Crippen LogP) is 3.63. The highest BCUT2D eigenvalue weighted by Gasteiger charge is 2.26. The maximum absolute atomic E-state index is 13.0. The molecule has 1 unspecified atom stereocenters. The second kappa shape index (κ2) is 10.3. The van der Waals surface area contributed by atoms with Crippen LogP contribution < -0.4 is 10.6 Å². The molecule has 2 heterocycles. The van der Waals surface area contributed by atoms with Crippen LogP contribution in [0.2, 0.25) is 0 Å². The van der Waals surface area contributed by atoms with Crippen molar-refractivity contribution in [1.29, 1.82) is 0 Å². The molecular formula is C24H28N4O4S. The molecule has 1 amide bonds. The molecule has 1 atom stereocenters. The van der Waals surface area contributed by atoms with Gasteiger partial charge >= 0.3 is 0 Å². The second-order valence-corrected chi connectivity index (χ2v) is 10.1. The number of carbonyl (C=O) groups is 1. The van der Waals surface area contributed by atoms with Crippen LogP contribution in [0.15, 0.2) is 70.1 Å². The standard InChI is InChI=1S/C24H28N4O4S/c1-18-16-22(27-32-18)26-24(29)23(20-8-4-2-5-9-20)25-17-19-10-12-21(13-11-19)33(30,31)28-14-6-3-7-15-28/h2,4-5,8-13,16,23,25H,3,6-7,14-15,17H2,1H3,(H,26,27,29). The van der Waals surface area contributed by atoms with Crippen molar-refractivity contribution < 1.29 is 17.7 Å². The Labute approximate surface area is 194 Å². The SMILES string of the molecule is Cc1cc(NC(=O)C(NCc2ccc(S(=O)(=O)N3CCCCC3)cc2)c2ccccc2)no1. The van der Waals surface area contributed by atoms with Gasteiger partial charge in [0.05, 0.1) is 4.90 Å². The number of benzene rings is 2. The molecule has 0 spiro atoms. The summed E-state index contributed by atoms with van der Waals surface area (Å²) in [5, 5.41) is 9.87. The quantitative estimate of drug-likeness (QED) is 0.523. The lowest BCUT2D eigenvalue weighted by molar-refractivity contribution is -0.118. The molecule has 0 bridgehead atoms. The maximum Gasteiger partial charge on any atom is 0.247 e. The van der Waals surface area contributed by atoms with Gasteiger partial charge in [0.1, 0.15) is 11.8 Å². The molecular weight excluding hydrogens is 440 g/mol. The first kappa shape index (κ1) is 23.2. The number of carbonyl (C=O) groups excluding carboxylic acids is 1. The van der Waals surface area contributed by atoms with Crippen molar-refractivity contribution >= 4 is 21.7 Å². The van der Waals surface area contributed by atoms with Crippen LogP contribution in [0.1, 0.15) is 42.2 Å². The monoisotopic (exact) mass is 468 g/mol. The van der Waals surface area contributed by atoms with Gasteiger partial charge in [0.15, 0.2) is 5.82 Å². The number of nitrogens with one attached hydrogen (secondary N) is 2. The van der Waals surface area contributed by atoms with E-state index in [0.29, 0.717) is 36.1 Å². The Balaban J connectivity index is 1.45. The van der Waals surface area contributed by atoms with Crippen molar-refractivity contribution in [2.24, 2.45) is 0 Å². The number of anilines is 1. The lowest BCUT2D eigenvalue weighted by atomic mass is 10.1. The minimum absolute atomic E-state index is 0.265. The molecule has 1 saturated heterocycles. The number of sulfonamides is 1. The van der Waals surface area contributed by atoms with Crippen LogP contribution in [0.3, 0.4) is 0 Å². The van der Waals surface area contributed by atoms with E-state index in [0.717, 1.165) is 30.4 Å². The highest BCUT2D eigenvalue weighted by molar-refractivity contribution is 7.89. The Hall–Kier alpha value is -3.01. The van der Waals surface area contributed by atoms with E-state index in [4.69, 9.17) is 4.52 Å². The van der Waals surface area contributed by atoms with E-state index in [1.54, 1.807) is 41.6 Å². The molecule has 4 rings (SSSR count). The number of aryl methyl sites for hydroxylation is 1. The Bertz CT molecular complexity index is 1170. The molecule has 1 aromatic heterocycles. The third-order valence-corrected chi connectivity index (χ3v) is 7.57. The molecule has 0 radical (unpaired) electrons. The van der Waals surface area contributed by atoms with Crippen LogP contribution in [0.4, 0.5) is 5.82 Å². The molecule has 8 nitrogen and oxygen atoms in total. The molecule has 1 aliphatic rings. The number of rotatable bonds is 8. The van der Waals surface area contributed by atoms with E-state index in [9.17, 15) is 13.2 Å². The normalized spacial score (nSPS) is 15.8. The van der Waals surface area contributed by atoms with Gasteiger partial charge in [-0.1, -0.05) is 54.0 Å². The fourth-order valence-electron chi connectivity index (χ4n) is 3.88. The molecule has 2 N–H and O–H groups in total. The lowest BCUT2D eigenvalue weighted by Crippen LogP contribution is -2.35. The first-order valence-electron chi connectivity index (χ1n) is 11.0. The maximum atomic E-state index is 13.0. The van der Waals surface area contributed by atoms with Crippen LogP contribution in [-0.2, 0) is 21.4 Å². The zero-order chi connectivity index (χ0) is 23.3. The average Bonchev–Trinajstić information content (AvgIpc) is 3.25. The van der Waals surface area contributed by atoms with Crippen molar-refractivity contribution in [3.05, 3.63) is 77.6 Å². The Morgan fingerprint density at radius 1 is 1.06 bits per heavy atom. The molecule has 1 aliphatic heterocycles. The first-order valence-corrected chi connectivity index (χ1v) is 12.5. The summed E-state index contributed by atoms with van der Waals surface area (Å²) in [4.78, 5) is 13.3. The fourth-order valence-corrected chi connectivity index (χ4v) is 5.40. The van der Waals surface area contributed by atoms with E-state index in [1.165, 1.54) is 0 Å². The van der Waals surface area contributed by atoms with Crippen molar-refractivity contribution in [2.45, 2.75) is 43.7 Å². The van der Waals surface area contributed by atoms with Crippen LogP contribution in [0.25, 0.3) is 0 Å². The van der Waals surface area contributed by atoms with E-state index >= 15 is 0 Å². The smallest absolute Gasteiger partial charge is 0.247 e. The van der Waals surface area contributed by atoms with Crippen molar-refractivity contribution in [3.8, 4) is 0 Å². The summed E-state index contributed by atoms with van der Waals surface area (Å²) in [5.41, 5.74) is 1.68. The molecule has 0 saturated carbocycles. The third-order valence-electron chi connectivity index (χ3n) is 5.66. The van der Waals surface area contributed by atoms with Crippen LogP contribution in [0.5, 0.6) is 0 Å². The lowest BCUT2D eigenvalue weighted by Gasteiger charge is -2.26. The largest absolute Gasteiger partial charge is 0.360 e. The first-order chi connectivity index (χ1) is 15.9. The zero-order valence-electron chi connectivity index (χ0n) is 18.5. The Morgan fingerprint density at radius 2 is 1.76 bits per heavy atom. The number of hydrogen-bond donors (Lipinski definition) is 2. The summed E-state index contributed by atoms with van der Waals surface area (Å²) in [7, 11) is -3.47. The molecule has 33 heavy (non-hydrogen) atoms.